The summed E-state index contributed by atoms with van der Waals surface area (Å²) in [5.74, 6) is -1.44. The zero-order chi connectivity index (χ0) is 48.5. The van der Waals surface area contributed by atoms with E-state index in [1.165, 1.54) is 27.2 Å². The van der Waals surface area contributed by atoms with Gasteiger partial charge in [-0.15, -0.1) is 11.3 Å². The number of ketones is 1. The number of likely N-dealkylation sites (tertiary alicyclic amines) is 1. The SMILES string of the molecule is Cc1ncsc1-c1ccc([C@H](C)NC(=O)[C@@H]2C[C@@H](O)CN2C(=O)[C@@H](CC(=O)CCOCCOCCOCCOCCOCCNC(=O)CCc2ccc3c(c2)Cc2ccncc2-3)C(C)(C)C)cc1. The summed E-state index contributed by atoms with van der Waals surface area (Å²) in [5, 5.41) is 16.6. The quantitative estimate of drug-likeness (QED) is 0.0493. The zero-order valence-electron chi connectivity index (χ0n) is 40.3. The number of aromatic nitrogens is 2. The second-order valence-corrected chi connectivity index (χ2v) is 19.4. The van der Waals surface area contributed by atoms with Crippen molar-refractivity contribution in [3.63, 3.8) is 0 Å². The third-order valence-corrected chi connectivity index (χ3v) is 13.4. The maximum atomic E-state index is 14.1. The van der Waals surface area contributed by atoms with Crippen molar-refractivity contribution < 1.29 is 48.0 Å². The third kappa shape index (κ3) is 15.5. The van der Waals surface area contributed by atoms with Crippen molar-refractivity contribution in [3.05, 3.63) is 94.4 Å². The largest absolute Gasteiger partial charge is 0.391 e. The van der Waals surface area contributed by atoms with Gasteiger partial charge in [-0.3, -0.25) is 24.2 Å². The third-order valence-electron chi connectivity index (χ3n) is 12.4. The molecule has 2 aromatic heterocycles. The van der Waals surface area contributed by atoms with Crippen LogP contribution >= 0.6 is 11.3 Å². The number of amides is 3. The van der Waals surface area contributed by atoms with Crippen LogP contribution in [0.2, 0.25) is 0 Å². The van der Waals surface area contributed by atoms with Crippen molar-refractivity contribution in [2.75, 3.05) is 79.2 Å². The highest BCUT2D eigenvalue weighted by molar-refractivity contribution is 7.13. The van der Waals surface area contributed by atoms with Crippen LogP contribution in [-0.2, 0) is 55.7 Å². The van der Waals surface area contributed by atoms with Crippen LogP contribution in [-0.4, -0.2) is 135 Å². The number of rotatable bonds is 28. The zero-order valence-corrected chi connectivity index (χ0v) is 41.1. The minimum absolute atomic E-state index is 0.00228. The number of aryl methyl sites for hydroxylation is 2. The Balaban J connectivity index is 0.749. The number of benzene rings is 2. The first kappa shape index (κ1) is 52.4. The Kier molecular flexibility index (Phi) is 20.2. The fraction of sp³-hybridized carbons (Fsp3) is 0.538. The van der Waals surface area contributed by atoms with E-state index >= 15 is 0 Å². The number of nitrogens with zero attached hydrogens (tertiary/aromatic N) is 3. The smallest absolute Gasteiger partial charge is 0.243 e. The maximum Gasteiger partial charge on any atom is 0.243 e. The van der Waals surface area contributed by atoms with E-state index in [1.807, 2.05) is 76.8 Å². The van der Waals surface area contributed by atoms with Gasteiger partial charge in [0.25, 0.3) is 0 Å². The number of Topliss-reactive ketones (excluding diaryl/α,β-unsaturated/α-hetero) is 1. The van der Waals surface area contributed by atoms with E-state index in [1.54, 1.807) is 11.3 Å². The molecule has 0 saturated carbocycles. The fourth-order valence-electron chi connectivity index (χ4n) is 8.51. The molecule has 15 nitrogen and oxygen atoms in total. The summed E-state index contributed by atoms with van der Waals surface area (Å²) in [7, 11) is 0. The van der Waals surface area contributed by atoms with Crippen LogP contribution in [0.1, 0.15) is 87.4 Å². The molecular weight excluding hydrogens is 887 g/mol. The molecule has 4 atom stereocenters. The van der Waals surface area contributed by atoms with Gasteiger partial charge in [-0.05, 0) is 71.6 Å². The molecular formula is C52H69N5O10S. The fourth-order valence-corrected chi connectivity index (χ4v) is 9.32. The molecule has 0 radical (unpaired) electrons. The molecule has 1 fully saturated rings. The van der Waals surface area contributed by atoms with Gasteiger partial charge in [-0.1, -0.05) is 63.2 Å². The predicted molar refractivity (Wildman–Crippen MR) is 260 cm³/mol. The first-order chi connectivity index (χ1) is 32.8. The molecule has 0 unspecified atom stereocenters. The Morgan fingerprint density at radius 2 is 1.50 bits per heavy atom. The van der Waals surface area contributed by atoms with E-state index < -0.39 is 23.5 Å². The average molecular weight is 956 g/mol. The molecule has 2 aliphatic rings. The molecule has 1 aliphatic heterocycles. The van der Waals surface area contributed by atoms with Gasteiger partial charge >= 0.3 is 0 Å². The molecule has 3 amide bonds. The second-order valence-electron chi connectivity index (χ2n) is 18.5. The van der Waals surface area contributed by atoms with Crippen LogP contribution in [0, 0.1) is 18.3 Å². The number of ether oxygens (including phenoxy) is 5. The van der Waals surface area contributed by atoms with E-state index in [2.05, 4.69) is 44.9 Å². The Bertz CT molecular complexity index is 2260. The Labute approximate surface area is 404 Å². The summed E-state index contributed by atoms with van der Waals surface area (Å²) in [4.78, 5) is 64.3. The van der Waals surface area contributed by atoms with Crippen LogP contribution in [0.3, 0.4) is 0 Å². The van der Waals surface area contributed by atoms with Gasteiger partial charge in [-0.25, -0.2) is 4.98 Å². The van der Waals surface area contributed by atoms with E-state index in [0.29, 0.717) is 78.8 Å². The van der Waals surface area contributed by atoms with Crippen LogP contribution < -0.4 is 10.6 Å². The molecule has 3 heterocycles. The molecule has 2 aromatic carbocycles. The first-order valence-electron chi connectivity index (χ1n) is 23.8. The molecule has 3 N–H and O–H groups in total. The lowest BCUT2D eigenvalue weighted by molar-refractivity contribution is -0.146. The molecule has 368 valence electrons. The van der Waals surface area contributed by atoms with E-state index in [4.69, 9.17) is 23.7 Å². The monoisotopic (exact) mass is 955 g/mol. The van der Waals surface area contributed by atoms with Crippen LogP contribution in [0.5, 0.6) is 0 Å². The highest BCUT2D eigenvalue weighted by atomic mass is 32.1. The Hall–Kier alpha value is -4.94. The number of thiazole rings is 1. The summed E-state index contributed by atoms with van der Waals surface area (Å²) in [6.07, 6.45) is 5.21. The highest BCUT2D eigenvalue weighted by Crippen LogP contribution is 2.37. The number of aliphatic hydroxyl groups excluding tert-OH is 1. The summed E-state index contributed by atoms with van der Waals surface area (Å²) in [6.45, 7) is 13.8. The minimum atomic E-state index is -0.845. The van der Waals surface area contributed by atoms with Crippen molar-refractivity contribution in [1.82, 2.24) is 25.5 Å². The van der Waals surface area contributed by atoms with Gasteiger partial charge in [0, 0.05) is 62.6 Å². The lowest BCUT2D eigenvalue weighted by atomic mass is 9.76. The van der Waals surface area contributed by atoms with Gasteiger partial charge in [-0.2, -0.15) is 0 Å². The van der Waals surface area contributed by atoms with E-state index in [9.17, 15) is 24.3 Å². The summed E-state index contributed by atoms with van der Waals surface area (Å²) < 4.78 is 27.9. The molecule has 1 saturated heterocycles. The lowest BCUT2D eigenvalue weighted by Gasteiger charge is -2.35. The van der Waals surface area contributed by atoms with E-state index in [-0.39, 0.29) is 62.0 Å². The second kappa shape index (κ2) is 26.2. The van der Waals surface area contributed by atoms with Gasteiger partial charge in [0.1, 0.15) is 11.8 Å². The lowest BCUT2D eigenvalue weighted by Crippen LogP contribution is -2.50. The van der Waals surface area contributed by atoms with Gasteiger partial charge < -0.3 is 44.3 Å². The number of pyridine rings is 1. The number of hydrogen-bond donors (Lipinski definition) is 3. The topological polar surface area (TPSA) is 188 Å². The number of hydrogen-bond acceptors (Lipinski definition) is 13. The number of carbonyl (C=O) groups excluding carboxylic acids is 4. The van der Waals surface area contributed by atoms with Crippen LogP contribution in [0.4, 0.5) is 0 Å². The summed E-state index contributed by atoms with van der Waals surface area (Å²) >= 11 is 1.58. The van der Waals surface area contributed by atoms with Gasteiger partial charge in [0.15, 0.2) is 0 Å². The molecule has 6 rings (SSSR count). The van der Waals surface area contributed by atoms with Crippen LogP contribution in [0.25, 0.3) is 21.6 Å². The van der Waals surface area contributed by atoms with Gasteiger partial charge in [0.05, 0.1) is 94.3 Å². The molecule has 16 heteroatoms. The standard InChI is InChI=1S/C52H69N5O10S/c1-35(38-8-10-39(11-9-38)49-36(2)55-34-68-49)56-50(61)47-31-43(59)33-57(47)51(62)46(52(3,4)5)30-42(58)15-18-63-20-22-65-24-26-67-27-25-66-23-21-64-19-17-54-48(60)13-7-37-6-12-44-41(28-37)29-40-14-16-53-32-45(40)44/h6,8-12,14,16,28,32,34-35,43,46-47,59H,7,13,15,17-27,29-31,33H2,1-5H3,(H,54,60)(H,56,61)/t35-,43+,46+,47-/m0/s1. The average Bonchev–Trinajstić information content (AvgIpc) is 4.05. The van der Waals surface area contributed by atoms with Crippen molar-refractivity contribution in [1.29, 1.82) is 0 Å². The number of fused-ring (bicyclic) bond motifs is 3. The first-order valence-corrected chi connectivity index (χ1v) is 24.7. The number of carbonyl (C=O) groups is 4. The van der Waals surface area contributed by atoms with Gasteiger partial charge in [0.2, 0.25) is 17.7 Å². The number of nitrogens with one attached hydrogen (secondary N) is 2. The van der Waals surface area contributed by atoms with E-state index in [0.717, 1.165) is 33.7 Å². The highest BCUT2D eigenvalue weighted by Gasteiger charge is 2.44. The predicted octanol–water partition coefficient (Wildman–Crippen LogP) is 6.07. The number of aliphatic hydroxyl groups is 1. The summed E-state index contributed by atoms with van der Waals surface area (Å²) in [5.41, 5.74) is 10.4. The Morgan fingerprint density at radius 3 is 2.15 bits per heavy atom. The molecule has 4 aromatic rings. The van der Waals surface area contributed by atoms with Crippen LogP contribution in [0.15, 0.2) is 66.4 Å². The summed E-state index contributed by atoms with van der Waals surface area (Å²) in [6, 6.07) is 15.3. The van der Waals surface area contributed by atoms with Crippen molar-refractivity contribution in [2.45, 2.75) is 91.3 Å². The number of β-amino-alcohol motifs (C(OH)–C–C–N with tert-alkyl or cyclic N) is 1. The molecule has 68 heavy (non-hydrogen) atoms. The molecule has 1 aliphatic carbocycles. The van der Waals surface area contributed by atoms with Crippen molar-refractivity contribution in [3.8, 4) is 21.6 Å². The normalized spacial score (nSPS) is 16.3. The van der Waals surface area contributed by atoms with Crippen molar-refractivity contribution >= 4 is 34.8 Å². The maximum absolute atomic E-state index is 14.1. The minimum Gasteiger partial charge on any atom is -0.391 e. The molecule has 0 spiro atoms. The van der Waals surface area contributed by atoms with Crippen molar-refractivity contribution in [2.24, 2.45) is 11.3 Å². The Morgan fingerprint density at radius 1 is 0.838 bits per heavy atom. The molecule has 0 bridgehead atoms.